The molecule has 1 N–H and O–H groups in total. The lowest BCUT2D eigenvalue weighted by Gasteiger charge is -2.07. The molecular formula is C19H20N2O3S. The van der Waals surface area contributed by atoms with Crippen LogP contribution >= 0.6 is 11.3 Å². The van der Waals surface area contributed by atoms with Gasteiger partial charge in [-0.1, -0.05) is 0 Å². The Morgan fingerprint density at radius 2 is 2.00 bits per heavy atom. The van der Waals surface area contributed by atoms with Crippen molar-refractivity contribution in [2.24, 2.45) is 0 Å². The number of thiazole rings is 1. The summed E-state index contributed by atoms with van der Waals surface area (Å²) in [5.41, 5.74) is 3.99. The van der Waals surface area contributed by atoms with E-state index in [1.807, 2.05) is 55.0 Å². The Morgan fingerprint density at radius 1 is 1.28 bits per heavy atom. The van der Waals surface area contributed by atoms with Gasteiger partial charge in [-0.2, -0.15) is 0 Å². The Labute approximate surface area is 150 Å². The minimum atomic E-state index is -0.896. The maximum Gasteiger partial charge on any atom is 0.337 e. The normalized spacial score (nSPS) is 10.8. The number of aromatic nitrogens is 2. The third-order valence-electron chi connectivity index (χ3n) is 4.09. The molecule has 0 aliphatic rings. The number of nitrogens with zero attached hydrogens (tertiary/aromatic N) is 2. The molecule has 130 valence electrons. The Kier molecular flexibility index (Phi) is 4.90. The Bertz CT molecular complexity index is 894. The first-order chi connectivity index (χ1) is 12.0. The standard InChI is InChI=1S/C19H20N2O3S/c1-4-24-16-7-5-14(6-8-16)18-20-15(11-25-18)10-21-12(2)9-17(13(21)3)19(22)23/h5-9,11H,4,10H2,1-3H3,(H,22,23). The number of carboxylic acids is 1. The highest BCUT2D eigenvalue weighted by Crippen LogP contribution is 2.27. The molecule has 0 bridgehead atoms. The molecule has 0 aliphatic carbocycles. The van der Waals surface area contributed by atoms with Crippen LogP contribution in [0.25, 0.3) is 10.6 Å². The van der Waals surface area contributed by atoms with Crippen LogP contribution in [0.4, 0.5) is 0 Å². The van der Waals surface area contributed by atoms with Gasteiger partial charge in [-0.25, -0.2) is 9.78 Å². The Balaban J connectivity index is 1.81. The van der Waals surface area contributed by atoms with Crippen molar-refractivity contribution >= 4 is 17.3 Å². The molecule has 25 heavy (non-hydrogen) atoms. The van der Waals surface area contributed by atoms with Gasteiger partial charge < -0.3 is 14.4 Å². The molecule has 0 atom stereocenters. The van der Waals surface area contributed by atoms with Crippen LogP contribution in [0.2, 0.25) is 0 Å². The van der Waals surface area contributed by atoms with Crippen LogP contribution in [0.1, 0.15) is 34.4 Å². The van der Waals surface area contributed by atoms with Crippen molar-refractivity contribution in [1.82, 2.24) is 9.55 Å². The molecule has 3 rings (SSSR count). The van der Waals surface area contributed by atoms with Gasteiger partial charge in [0.1, 0.15) is 10.8 Å². The van der Waals surface area contributed by atoms with Crippen LogP contribution in [0, 0.1) is 13.8 Å². The smallest absolute Gasteiger partial charge is 0.337 e. The molecule has 1 aromatic carbocycles. The summed E-state index contributed by atoms with van der Waals surface area (Å²) in [4.78, 5) is 16.0. The molecule has 6 heteroatoms. The van der Waals surface area contributed by atoms with Crippen LogP contribution in [0.3, 0.4) is 0 Å². The number of aryl methyl sites for hydroxylation is 1. The topological polar surface area (TPSA) is 64.4 Å². The molecule has 5 nitrogen and oxygen atoms in total. The van der Waals surface area contributed by atoms with Gasteiger partial charge in [-0.15, -0.1) is 11.3 Å². The van der Waals surface area contributed by atoms with Crippen molar-refractivity contribution in [3.05, 3.63) is 58.4 Å². The summed E-state index contributed by atoms with van der Waals surface area (Å²) in [6.45, 7) is 6.92. The van der Waals surface area contributed by atoms with Gasteiger partial charge >= 0.3 is 5.97 Å². The fraction of sp³-hybridized carbons (Fsp3) is 0.263. The lowest BCUT2D eigenvalue weighted by molar-refractivity contribution is 0.0696. The molecule has 0 aliphatic heterocycles. The summed E-state index contributed by atoms with van der Waals surface area (Å²) in [5, 5.41) is 12.2. The minimum Gasteiger partial charge on any atom is -0.494 e. The van der Waals surface area contributed by atoms with Gasteiger partial charge in [0.25, 0.3) is 0 Å². The van der Waals surface area contributed by atoms with Gasteiger partial charge in [0.2, 0.25) is 0 Å². The predicted molar refractivity (Wildman–Crippen MR) is 98.7 cm³/mol. The first kappa shape index (κ1) is 17.2. The summed E-state index contributed by atoms with van der Waals surface area (Å²) < 4.78 is 7.45. The van der Waals surface area contributed by atoms with Crippen molar-refractivity contribution in [3.8, 4) is 16.3 Å². The number of ether oxygens (including phenoxy) is 1. The van der Waals surface area contributed by atoms with Crippen LogP contribution < -0.4 is 4.74 Å². The maximum absolute atomic E-state index is 11.3. The van der Waals surface area contributed by atoms with Crippen molar-refractivity contribution in [1.29, 1.82) is 0 Å². The average molecular weight is 356 g/mol. The third kappa shape index (κ3) is 3.58. The number of hydrogen-bond donors (Lipinski definition) is 1. The van der Waals surface area contributed by atoms with Gasteiger partial charge in [0.15, 0.2) is 0 Å². The Hall–Kier alpha value is -2.60. The summed E-state index contributed by atoms with van der Waals surface area (Å²) in [7, 11) is 0. The van der Waals surface area contributed by atoms with E-state index in [0.29, 0.717) is 18.7 Å². The highest BCUT2D eigenvalue weighted by atomic mass is 32.1. The maximum atomic E-state index is 11.3. The van der Waals surface area contributed by atoms with Crippen molar-refractivity contribution < 1.29 is 14.6 Å². The first-order valence-corrected chi connectivity index (χ1v) is 8.95. The fourth-order valence-electron chi connectivity index (χ4n) is 2.80. The molecular weight excluding hydrogens is 336 g/mol. The van der Waals surface area contributed by atoms with E-state index >= 15 is 0 Å². The molecule has 0 unspecified atom stereocenters. The van der Waals surface area contributed by atoms with Gasteiger partial charge in [0, 0.05) is 22.3 Å². The summed E-state index contributed by atoms with van der Waals surface area (Å²) in [6.07, 6.45) is 0. The fourth-order valence-corrected chi connectivity index (χ4v) is 3.61. The minimum absolute atomic E-state index is 0.347. The molecule has 0 saturated carbocycles. The number of carboxylic acid groups (broad SMARTS) is 1. The van der Waals surface area contributed by atoms with Crippen LogP contribution in [-0.2, 0) is 6.54 Å². The second-order valence-electron chi connectivity index (χ2n) is 5.78. The summed E-state index contributed by atoms with van der Waals surface area (Å²) >= 11 is 1.58. The molecule has 2 aromatic heterocycles. The predicted octanol–water partition coefficient (Wildman–Crippen LogP) is 4.37. The van der Waals surface area contributed by atoms with Crippen LogP contribution in [0.5, 0.6) is 5.75 Å². The summed E-state index contributed by atoms with van der Waals surface area (Å²) in [6, 6.07) is 9.60. The first-order valence-electron chi connectivity index (χ1n) is 8.07. The number of hydrogen-bond acceptors (Lipinski definition) is 4. The van der Waals surface area contributed by atoms with Crippen molar-refractivity contribution in [2.75, 3.05) is 6.61 Å². The molecule has 0 radical (unpaired) electrons. The number of rotatable bonds is 6. The molecule has 0 fully saturated rings. The lowest BCUT2D eigenvalue weighted by atomic mass is 10.2. The zero-order valence-electron chi connectivity index (χ0n) is 14.4. The average Bonchev–Trinajstić information content (AvgIpc) is 3.16. The lowest BCUT2D eigenvalue weighted by Crippen LogP contribution is -2.06. The number of aromatic carboxylic acids is 1. The largest absolute Gasteiger partial charge is 0.494 e. The van der Waals surface area contributed by atoms with E-state index in [9.17, 15) is 9.90 Å². The third-order valence-corrected chi connectivity index (χ3v) is 5.03. The molecule has 0 saturated heterocycles. The second kappa shape index (κ2) is 7.11. The van der Waals surface area contributed by atoms with E-state index in [1.54, 1.807) is 17.4 Å². The molecule has 3 aromatic rings. The number of carbonyl (C=O) groups is 1. The van der Waals surface area contributed by atoms with E-state index in [1.165, 1.54) is 0 Å². The number of benzene rings is 1. The van der Waals surface area contributed by atoms with Crippen molar-refractivity contribution in [3.63, 3.8) is 0 Å². The monoisotopic (exact) mass is 356 g/mol. The van der Waals surface area contributed by atoms with E-state index in [-0.39, 0.29) is 0 Å². The van der Waals surface area contributed by atoms with E-state index in [2.05, 4.69) is 0 Å². The second-order valence-corrected chi connectivity index (χ2v) is 6.64. The van der Waals surface area contributed by atoms with Crippen LogP contribution in [-0.4, -0.2) is 27.2 Å². The van der Waals surface area contributed by atoms with Gasteiger partial charge in [-0.05, 0) is 51.1 Å². The van der Waals surface area contributed by atoms with Gasteiger partial charge in [-0.3, -0.25) is 0 Å². The zero-order valence-corrected chi connectivity index (χ0v) is 15.3. The highest BCUT2D eigenvalue weighted by molar-refractivity contribution is 7.13. The molecule has 0 spiro atoms. The van der Waals surface area contributed by atoms with E-state index < -0.39 is 5.97 Å². The quantitative estimate of drug-likeness (QED) is 0.712. The van der Waals surface area contributed by atoms with Crippen molar-refractivity contribution in [2.45, 2.75) is 27.3 Å². The van der Waals surface area contributed by atoms with Gasteiger partial charge in [0.05, 0.1) is 24.4 Å². The molecule has 2 heterocycles. The van der Waals surface area contributed by atoms with E-state index in [4.69, 9.17) is 9.72 Å². The highest BCUT2D eigenvalue weighted by Gasteiger charge is 2.15. The molecule has 0 amide bonds. The SMILES string of the molecule is CCOc1ccc(-c2nc(Cn3c(C)cc(C(=O)O)c3C)cs2)cc1. The van der Waals surface area contributed by atoms with E-state index in [0.717, 1.165) is 33.4 Å². The Morgan fingerprint density at radius 3 is 2.60 bits per heavy atom. The van der Waals surface area contributed by atoms with Crippen LogP contribution in [0.15, 0.2) is 35.7 Å². The summed E-state index contributed by atoms with van der Waals surface area (Å²) in [5.74, 6) is -0.0458. The zero-order chi connectivity index (χ0) is 18.0.